The fourth-order valence-corrected chi connectivity index (χ4v) is 1.73. The largest absolute Gasteiger partial charge is 0.494 e. The van der Waals surface area contributed by atoms with Gasteiger partial charge in [0.1, 0.15) is 5.76 Å². The zero-order valence-corrected chi connectivity index (χ0v) is 11.6. The molecule has 1 nitrogen and oxygen atoms in total. The highest BCUT2D eigenvalue weighted by Gasteiger charge is 1.93. The molecule has 0 radical (unpaired) electrons. The van der Waals surface area contributed by atoms with Crippen LogP contribution in [0, 0.1) is 0 Å². The molecule has 98 valence electrons. The van der Waals surface area contributed by atoms with E-state index in [0.29, 0.717) is 0 Å². The van der Waals surface area contributed by atoms with E-state index >= 15 is 0 Å². The maximum absolute atomic E-state index is 5.60. The SMILES string of the molecule is CCC/C=C/C(=C/CCc1ccccc1)OCC. The van der Waals surface area contributed by atoms with Crippen molar-refractivity contribution in [1.29, 1.82) is 0 Å². The van der Waals surface area contributed by atoms with Gasteiger partial charge in [-0.2, -0.15) is 0 Å². The van der Waals surface area contributed by atoms with Crippen LogP contribution in [0.25, 0.3) is 0 Å². The van der Waals surface area contributed by atoms with Gasteiger partial charge < -0.3 is 4.74 Å². The molecule has 0 spiro atoms. The summed E-state index contributed by atoms with van der Waals surface area (Å²) in [5, 5.41) is 0. The Balaban J connectivity index is 2.44. The molecule has 1 rings (SSSR count). The molecule has 0 saturated carbocycles. The summed E-state index contributed by atoms with van der Waals surface area (Å²) in [4.78, 5) is 0. The first kappa shape index (κ1) is 14.6. The summed E-state index contributed by atoms with van der Waals surface area (Å²) < 4.78 is 5.60. The topological polar surface area (TPSA) is 9.23 Å². The summed E-state index contributed by atoms with van der Waals surface area (Å²) in [6, 6.07) is 10.6. The van der Waals surface area contributed by atoms with E-state index < -0.39 is 0 Å². The Kier molecular flexibility index (Phi) is 7.70. The van der Waals surface area contributed by atoms with Gasteiger partial charge in [-0.3, -0.25) is 0 Å². The van der Waals surface area contributed by atoms with Gasteiger partial charge in [0.05, 0.1) is 6.61 Å². The highest BCUT2D eigenvalue weighted by Crippen LogP contribution is 2.07. The summed E-state index contributed by atoms with van der Waals surface area (Å²) in [5.74, 6) is 1.00. The second kappa shape index (κ2) is 9.52. The molecule has 1 aromatic carbocycles. The minimum absolute atomic E-state index is 0.730. The first-order valence-corrected chi connectivity index (χ1v) is 6.90. The van der Waals surface area contributed by atoms with Gasteiger partial charge in [0, 0.05) is 0 Å². The van der Waals surface area contributed by atoms with Crippen molar-refractivity contribution >= 4 is 0 Å². The van der Waals surface area contributed by atoms with Crippen LogP contribution in [0.3, 0.4) is 0 Å². The highest BCUT2D eigenvalue weighted by molar-refractivity contribution is 5.17. The lowest BCUT2D eigenvalue weighted by Gasteiger charge is -2.04. The van der Waals surface area contributed by atoms with Crippen molar-refractivity contribution in [3.05, 3.63) is 59.9 Å². The predicted molar refractivity (Wildman–Crippen MR) is 78.5 cm³/mol. The molecule has 0 aliphatic carbocycles. The van der Waals surface area contributed by atoms with Crippen LogP contribution >= 0.6 is 0 Å². The molecule has 0 bridgehead atoms. The van der Waals surface area contributed by atoms with Gasteiger partial charge in [-0.1, -0.05) is 49.8 Å². The smallest absolute Gasteiger partial charge is 0.114 e. The summed E-state index contributed by atoms with van der Waals surface area (Å²) in [6.07, 6.45) is 10.8. The van der Waals surface area contributed by atoms with Crippen molar-refractivity contribution in [1.82, 2.24) is 0 Å². The lowest BCUT2D eigenvalue weighted by molar-refractivity contribution is 0.241. The van der Waals surface area contributed by atoms with Crippen molar-refractivity contribution in [2.75, 3.05) is 6.61 Å². The number of hydrogen-bond acceptors (Lipinski definition) is 1. The number of rotatable bonds is 8. The molecule has 0 saturated heterocycles. The summed E-state index contributed by atoms with van der Waals surface area (Å²) >= 11 is 0. The second-order valence-corrected chi connectivity index (χ2v) is 4.25. The first-order valence-electron chi connectivity index (χ1n) is 6.90. The van der Waals surface area contributed by atoms with Gasteiger partial charge in [0.15, 0.2) is 0 Å². The molecule has 18 heavy (non-hydrogen) atoms. The Morgan fingerprint density at radius 3 is 2.56 bits per heavy atom. The number of hydrogen-bond donors (Lipinski definition) is 0. The third kappa shape index (κ3) is 6.29. The molecule has 0 atom stereocenters. The average molecular weight is 244 g/mol. The molecule has 0 unspecified atom stereocenters. The van der Waals surface area contributed by atoms with Crippen LogP contribution in [-0.4, -0.2) is 6.61 Å². The molecule has 0 aromatic heterocycles. The molecule has 0 N–H and O–H groups in total. The highest BCUT2D eigenvalue weighted by atomic mass is 16.5. The van der Waals surface area contributed by atoms with Gasteiger partial charge in [-0.05, 0) is 43.9 Å². The molecule has 0 heterocycles. The summed E-state index contributed by atoms with van der Waals surface area (Å²) in [6.45, 7) is 4.94. The third-order valence-corrected chi connectivity index (χ3v) is 2.67. The maximum atomic E-state index is 5.60. The maximum Gasteiger partial charge on any atom is 0.114 e. The van der Waals surface area contributed by atoms with Crippen molar-refractivity contribution in [2.45, 2.75) is 39.5 Å². The van der Waals surface area contributed by atoms with Crippen LogP contribution in [0.15, 0.2) is 54.3 Å². The molecule has 0 aliphatic rings. The van der Waals surface area contributed by atoms with Crippen molar-refractivity contribution < 1.29 is 4.74 Å². The fourth-order valence-electron chi connectivity index (χ4n) is 1.73. The van der Waals surface area contributed by atoms with Gasteiger partial charge >= 0.3 is 0 Å². The summed E-state index contributed by atoms with van der Waals surface area (Å²) in [5.41, 5.74) is 1.38. The molecular weight excluding hydrogens is 220 g/mol. The van der Waals surface area contributed by atoms with Crippen molar-refractivity contribution in [3.8, 4) is 0 Å². The molecule has 0 aliphatic heterocycles. The standard InChI is InChI=1S/C17H24O/c1-3-5-7-14-17(18-4-2)15-10-13-16-11-8-6-9-12-16/h6-9,11-12,14-15H,3-5,10,13H2,1-2H3/b14-7+,17-15-. The van der Waals surface area contributed by atoms with E-state index in [9.17, 15) is 0 Å². The Morgan fingerprint density at radius 1 is 1.11 bits per heavy atom. The molecular formula is C17H24O. The number of aryl methyl sites for hydroxylation is 1. The van der Waals surface area contributed by atoms with E-state index in [1.165, 1.54) is 12.0 Å². The minimum atomic E-state index is 0.730. The van der Waals surface area contributed by atoms with Crippen molar-refractivity contribution in [3.63, 3.8) is 0 Å². The van der Waals surface area contributed by atoms with E-state index in [2.05, 4.69) is 55.5 Å². The van der Waals surface area contributed by atoms with Gasteiger partial charge in [0.25, 0.3) is 0 Å². The van der Waals surface area contributed by atoms with Crippen LogP contribution in [0.5, 0.6) is 0 Å². The zero-order chi connectivity index (χ0) is 13.1. The Bertz CT molecular complexity index is 362. The number of unbranched alkanes of at least 4 members (excludes halogenated alkanes) is 1. The zero-order valence-electron chi connectivity index (χ0n) is 11.6. The Morgan fingerprint density at radius 2 is 1.89 bits per heavy atom. The molecule has 0 fully saturated rings. The number of ether oxygens (including phenoxy) is 1. The van der Waals surface area contributed by atoms with Crippen LogP contribution < -0.4 is 0 Å². The third-order valence-electron chi connectivity index (χ3n) is 2.67. The normalized spacial score (nSPS) is 12.0. The van der Waals surface area contributed by atoms with E-state index in [4.69, 9.17) is 4.74 Å². The molecule has 1 heteroatoms. The van der Waals surface area contributed by atoms with E-state index in [-0.39, 0.29) is 0 Å². The second-order valence-electron chi connectivity index (χ2n) is 4.25. The van der Waals surface area contributed by atoms with Crippen molar-refractivity contribution in [2.24, 2.45) is 0 Å². The van der Waals surface area contributed by atoms with Gasteiger partial charge in [0.2, 0.25) is 0 Å². The molecule has 1 aromatic rings. The monoisotopic (exact) mass is 244 g/mol. The van der Waals surface area contributed by atoms with E-state index in [1.54, 1.807) is 0 Å². The first-order chi connectivity index (χ1) is 8.86. The quantitative estimate of drug-likeness (QED) is 0.467. The Labute approximate surface area is 111 Å². The Hall–Kier alpha value is -1.50. The van der Waals surface area contributed by atoms with Crippen LogP contribution in [0.4, 0.5) is 0 Å². The molecule has 0 amide bonds. The summed E-state index contributed by atoms with van der Waals surface area (Å²) in [7, 11) is 0. The van der Waals surface area contributed by atoms with Crippen LogP contribution in [-0.2, 0) is 11.2 Å². The van der Waals surface area contributed by atoms with Crippen LogP contribution in [0.2, 0.25) is 0 Å². The van der Waals surface area contributed by atoms with E-state index in [0.717, 1.165) is 31.6 Å². The van der Waals surface area contributed by atoms with E-state index in [1.807, 2.05) is 6.92 Å². The van der Waals surface area contributed by atoms with Gasteiger partial charge in [-0.15, -0.1) is 0 Å². The lowest BCUT2D eigenvalue weighted by atomic mass is 10.1. The minimum Gasteiger partial charge on any atom is -0.494 e. The van der Waals surface area contributed by atoms with Crippen LogP contribution in [0.1, 0.15) is 38.7 Å². The predicted octanol–water partition coefficient (Wildman–Crippen LogP) is 4.90. The fraction of sp³-hybridized carbons (Fsp3) is 0.412. The van der Waals surface area contributed by atoms with Gasteiger partial charge in [-0.25, -0.2) is 0 Å². The average Bonchev–Trinajstić information content (AvgIpc) is 2.40. The number of benzene rings is 1. The lowest BCUT2D eigenvalue weighted by Crippen LogP contribution is -1.90. The number of allylic oxidation sites excluding steroid dienone is 3.